The third-order valence-corrected chi connectivity index (χ3v) is 4.25. The maximum absolute atomic E-state index is 12.5. The van der Waals surface area contributed by atoms with Gasteiger partial charge in [0.2, 0.25) is 0 Å². The molecule has 4 heteroatoms. The maximum atomic E-state index is 12.5. The van der Waals surface area contributed by atoms with Gasteiger partial charge in [0.1, 0.15) is 0 Å². The van der Waals surface area contributed by atoms with E-state index in [1.54, 1.807) is 12.1 Å². The van der Waals surface area contributed by atoms with Crippen molar-refractivity contribution < 1.29 is 4.79 Å². The Morgan fingerprint density at radius 3 is 3.11 bits per heavy atom. The van der Waals surface area contributed by atoms with Crippen LogP contribution in [0.4, 0.5) is 0 Å². The standard InChI is InChI=1S/C14H17ClN2O/c15-12-5-1-3-10(7-12)14(18)17-6-2-4-11-8-16-9-13(11)17/h1,3,5,7,11,13,16H,2,4,6,8-9H2. The van der Waals surface area contributed by atoms with Crippen molar-refractivity contribution in [1.82, 2.24) is 10.2 Å². The van der Waals surface area contributed by atoms with Gasteiger partial charge in [0.05, 0.1) is 0 Å². The highest BCUT2D eigenvalue weighted by molar-refractivity contribution is 6.30. The van der Waals surface area contributed by atoms with Gasteiger partial charge in [0, 0.05) is 36.3 Å². The molecule has 0 saturated carbocycles. The van der Waals surface area contributed by atoms with E-state index < -0.39 is 0 Å². The van der Waals surface area contributed by atoms with E-state index in [1.165, 1.54) is 6.42 Å². The number of rotatable bonds is 1. The molecule has 0 radical (unpaired) electrons. The molecular weight excluding hydrogens is 248 g/mol. The van der Waals surface area contributed by atoms with Gasteiger partial charge >= 0.3 is 0 Å². The number of hydrogen-bond donors (Lipinski definition) is 1. The number of benzene rings is 1. The average Bonchev–Trinajstić information content (AvgIpc) is 2.86. The minimum absolute atomic E-state index is 0.121. The van der Waals surface area contributed by atoms with E-state index in [0.717, 1.165) is 26.1 Å². The Hall–Kier alpha value is -1.06. The lowest BCUT2D eigenvalue weighted by molar-refractivity contribution is 0.0575. The van der Waals surface area contributed by atoms with E-state index in [9.17, 15) is 4.79 Å². The molecule has 2 fully saturated rings. The van der Waals surface area contributed by atoms with Crippen molar-refractivity contribution in [3.8, 4) is 0 Å². The van der Waals surface area contributed by atoms with Crippen LogP contribution < -0.4 is 5.32 Å². The van der Waals surface area contributed by atoms with Crippen LogP contribution in [0.5, 0.6) is 0 Å². The van der Waals surface area contributed by atoms with Crippen LogP contribution in [0.25, 0.3) is 0 Å². The molecule has 2 aliphatic rings. The average molecular weight is 265 g/mol. The molecule has 18 heavy (non-hydrogen) atoms. The summed E-state index contributed by atoms with van der Waals surface area (Å²) < 4.78 is 0. The maximum Gasteiger partial charge on any atom is 0.254 e. The van der Waals surface area contributed by atoms with Crippen molar-refractivity contribution in [3.05, 3.63) is 34.9 Å². The van der Waals surface area contributed by atoms with E-state index in [4.69, 9.17) is 11.6 Å². The van der Waals surface area contributed by atoms with Crippen LogP contribution >= 0.6 is 11.6 Å². The van der Waals surface area contributed by atoms with Crippen LogP contribution in [0.15, 0.2) is 24.3 Å². The summed E-state index contributed by atoms with van der Waals surface area (Å²) in [5.74, 6) is 0.748. The Balaban J connectivity index is 1.83. The highest BCUT2D eigenvalue weighted by atomic mass is 35.5. The molecular formula is C14H17ClN2O. The molecule has 2 saturated heterocycles. The summed E-state index contributed by atoms with van der Waals surface area (Å²) in [6, 6.07) is 7.61. The van der Waals surface area contributed by atoms with Crippen LogP contribution in [-0.4, -0.2) is 36.5 Å². The van der Waals surface area contributed by atoms with Crippen LogP contribution in [0, 0.1) is 5.92 Å². The number of amides is 1. The molecule has 2 atom stereocenters. The first-order valence-electron chi connectivity index (χ1n) is 6.53. The second-order valence-electron chi connectivity index (χ2n) is 5.14. The van der Waals surface area contributed by atoms with Crippen LogP contribution in [0.3, 0.4) is 0 Å². The highest BCUT2D eigenvalue weighted by Gasteiger charge is 2.37. The van der Waals surface area contributed by atoms with Gasteiger partial charge < -0.3 is 10.2 Å². The van der Waals surface area contributed by atoms with Crippen molar-refractivity contribution >= 4 is 17.5 Å². The fourth-order valence-electron chi connectivity index (χ4n) is 3.11. The second-order valence-corrected chi connectivity index (χ2v) is 5.57. The summed E-state index contributed by atoms with van der Waals surface area (Å²) in [6.07, 6.45) is 2.34. The normalized spacial score (nSPS) is 27.1. The first kappa shape index (κ1) is 12.0. The molecule has 2 unspecified atom stereocenters. The quantitative estimate of drug-likeness (QED) is 0.843. The number of likely N-dealkylation sites (tertiary alicyclic amines) is 1. The summed E-state index contributed by atoms with van der Waals surface area (Å²) in [4.78, 5) is 14.6. The van der Waals surface area contributed by atoms with E-state index >= 15 is 0 Å². The Labute approximate surface area is 112 Å². The Kier molecular flexibility index (Phi) is 3.27. The zero-order valence-corrected chi connectivity index (χ0v) is 11.0. The molecule has 2 heterocycles. The molecule has 0 aliphatic carbocycles. The summed E-state index contributed by atoms with van der Waals surface area (Å²) in [6.45, 7) is 2.84. The Morgan fingerprint density at radius 2 is 2.28 bits per heavy atom. The van der Waals surface area contributed by atoms with E-state index in [0.29, 0.717) is 22.5 Å². The number of halogens is 1. The van der Waals surface area contributed by atoms with Crippen molar-refractivity contribution in [3.63, 3.8) is 0 Å². The molecule has 0 spiro atoms. The number of nitrogens with zero attached hydrogens (tertiary/aromatic N) is 1. The topological polar surface area (TPSA) is 32.3 Å². The fraction of sp³-hybridized carbons (Fsp3) is 0.500. The number of carbonyl (C=O) groups excluding carboxylic acids is 1. The van der Waals surface area contributed by atoms with Gasteiger partial charge in [-0.05, 0) is 37.0 Å². The van der Waals surface area contributed by atoms with Crippen molar-refractivity contribution in [2.75, 3.05) is 19.6 Å². The highest BCUT2D eigenvalue weighted by Crippen LogP contribution is 2.28. The number of hydrogen-bond acceptors (Lipinski definition) is 2. The molecule has 0 bridgehead atoms. The fourth-order valence-corrected chi connectivity index (χ4v) is 3.30. The Morgan fingerprint density at radius 1 is 1.39 bits per heavy atom. The summed E-state index contributed by atoms with van der Waals surface area (Å²) >= 11 is 5.96. The second kappa shape index (κ2) is 4.90. The zero-order valence-electron chi connectivity index (χ0n) is 10.2. The lowest BCUT2D eigenvalue weighted by atomic mass is 9.91. The molecule has 96 valence electrons. The Bertz CT molecular complexity index is 463. The molecule has 1 aromatic rings. The zero-order chi connectivity index (χ0) is 12.5. The summed E-state index contributed by atoms with van der Waals surface area (Å²) in [5, 5.41) is 4.02. The van der Waals surface area contributed by atoms with Gasteiger partial charge in [0.25, 0.3) is 5.91 Å². The van der Waals surface area contributed by atoms with E-state index in [1.807, 2.05) is 17.0 Å². The molecule has 1 N–H and O–H groups in total. The minimum atomic E-state index is 0.121. The third-order valence-electron chi connectivity index (χ3n) is 4.01. The summed E-state index contributed by atoms with van der Waals surface area (Å²) in [5.41, 5.74) is 0.704. The van der Waals surface area contributed by atoms with E-state index in [-0.39, 0.29) is 5.91 Å². The van der Waals surface area contributed by atoms with Crippen molar-refractivity contribution in [2.45, 2.75) is 18.9 Å². The minimum Gasteiger partial charge on any atom is -0.334 e. The predicted octanol–water partition coefficient (Wildman–Crippen LogP) is 2.16. The molecule has 2 aliphatic heterocycles. The molecule has 1 amide bonds. The summed E-state index contributed by atoms with van der Waals surface area (Å²) in [7, 11) is 0. The van der Waals surface area contributed by atoms with Gasteiger partial charge in [0.15, 0.2) is 0 Å². The van der Waals surface area contributed by atoms with Gasteiger partial charge in [-0.1, -0.05) is 17.7 Å². The number of piperidine rings is 1. The smallest absolute Gasteiger partial charge is 0.254 e. The van der Waals surface area contributed by atoms with Crippen LogP contribution in [-0.2, 0) is 0 Å². The molecule has 0 aromatic heterocycles. The van der Waals surface area contributed by atoms with Gasteiger partial charge in [-0.15, -0.1) is 0 Å². The SMILES string of the molecule is O=C(c1cccc(Cl)c1)N1CCCC2CNCC21. The molecule has 1 aromatic carbocycles. The molecule has 3 nitrogen and oxygen atoms in total. The number of carbonyl (C=O) groups is 1. The number of fused-ring (bicyclic) bond motifs is 1. The van der Waals surface area contributed by atoms with Gasteiger partial charge in [-0.2, -0.15) is 0 Å². The predicted molar refractivity (Wildman–Crippen MR) is 71.9 cm³/mol. The first-order chi connectivity index (χ1) is 8.75. The van der Waals surface area contributed by atoms with Crippen molar-refractivity contribution in [2.24, 2.45) is 5.92 Å². The lowest BCUT2D eigenvalue weighted by Crippen LogP contribution is -2.48. The van der Waals surface area contributed by atoms with Crippen LogP contribution in [0.2, 0.25) is 5.02 Å². The third kappa shape index (κ3) is 2.13. The first-order valence-corrected chi connectivity index (χ1v) is 6.91. The van der Waals surface area contributed by atoms with Gasteiger partial charge in [-0.3, -0.25) is 4.79 Å². The monoisotopic (exact) mass is 264 g/mol. The molecule has 3 rings (SSSR count). The van der Waals surface area contributed by atoms with Crippen LogP contribution in [0.1, 0.15) is 23.2 Å². The lowest BCUT2D eigenvalue weighted by Gasteiger charge is -2.37. The number of nitrogens with one attached hydrogen (secondary N) is 1. The van der Waals surface area contributed by atoms with E-state index in [2.05, 4.69) is 5.32 Å². The van der Waals surface area contributed by atoms with Crippen molar-refractivity contribution in [1.29, 1.82) is 0 Å². The largest absolute Gasteiger partial charge is 0.334 e. The van der Waals surface area contributed by atoms with Gasteiger partial charge in [-0.25, -0.2) is 0 Å².